The SMILES string of the molecule is CC(C)(C)OC(=O)N1CCCC1(C(=O)O)C(=O)CN. The molecule has 1 aliphatic heterocycles. The van der Waals surface area contributed by atoms with Gasteiger partial charge in [-0.25, -0.2) is 9.59 Å². The minimum absolute atomic E-state index is 0.0671. The molecule has 1 fully saturated rings. The first-order valence-electron chi connectivity index (χ1n) is 6.12. The highest BCUT2D eigenvalue weighted by Gasteiger charge is 2.56. The van der Waals surface area contributed by atoms with Crippen LogP contribution < -0.4 is 5.73 Å². The van der Waals surface area contributed by atoms with Crippen LogP contribution in [0.2, 0.25) is 0 Å². The second kappa shape index (κ2) is 5.16. The van der Waals surface area contributed by atoms with Crippen LogP contribution in [0.1, 0.15) is 33.6 Å². The number of carbonyl (C=O) groups excluding carboxylic acids is 2. The van der Waals surface area contributed by atoms with E-state index in [1.807, 2.05) is 0 Å². The Labute approximate surface area is 111 Å². The molecule has 19 heavy (non-hydrogen) atoms. The van der Waals surface area contributed by atoms with Gasteiger partial charge in [-0.1, -0.05) is 0 Å². The number of carboxylic acid groups (broad SMARTS) is 1. The number of carbonyl (C=O) groups is 3. The molecule has 0 aliphatic carbocycles. The molecule has 1 unspecified atom stereocenters. The van der Waals surface area contributed by atoms with E-state index in [9.17, 15) is 19.5 Å². The van der Waals surface area contributed by atoms with Crippen molar-refractivity contribution in [2.75, 3.05) is 13.1 Å². The van der Waals surface area contributed by atoms with E-state index in [1.165, 1.54) is 0 Å². The lowest BCUT2D eigenvalue weighted by molar-refractivity contribution is -0.155. The molecule has 108 valence electrons. The maximum Gasteiger partial charge on any atom is 0.411 e. The summed E-state index contributed by atoms with van der Waals surface area (Å²) in [5, 5.41) is 9.36. The quantitative estimate of drug-likeness (QED) is 0.718. The fourth-order valence-electron chi connectivity index (χ4n) is 2.18. The normalized spacial score (nSPS) is 23.3. The van der Waals surface area contributed by atoms with Gasteiger partial charge in [-0.15, -0.1) is 0 Å². The Bertz CT molecular complexity index is 401. The van der Waals surface area contributed by atoms with Crippen LogP contribution in [0, 0.1) is 0 Å². The molecule has 1 heterocycles. The Morgan fingerprint density at radius 2 is 1.95 bits per heavy atom. The third kappa shape index (κ3) is 2.86. The third-order valence-electron chi connectivity index (χ3n) is 3.00. The summed E-state index contributed by atoms with van der Waals surface area (Å²) in [6.45, 7) is 4.77. The number of Topliss-reactive ketones (excluding diaryl/α,β-unsaturated/α-hetero) is 1. The van der Waals surface area contributed by atoms with Gasteiger partial charge in [0.05, 0.1) is 6.54 Å². The fraction of sp³-hybridized carbons (Fsp3) is 0.750. The summed E-state index contributed by atoms with van der Waals surface area (Å²) >= 11 is 0. The molecule has 0 saturated carbocycles. The van der Waals surface area contributed by atoms with Gasteiger partial charge in [0, 0.05) is 6.54 Å². The minimum atomic E-state index is -1.88. The standard InChI is InChI=1S/C12H20N2O5/c1-11(2,3)19-10(18)14-6-4-5-12(14,9(16)17)8(15)7-13/h4-7,13H2,1-3H3,(H,16,17). The molecule has 1 rings (SSSR count). The van der Waals surface area contributed by atoms with Crippen molar-refractivity contribution >= 4 is 17.8 Å². The molecule has 0 spiro atoms. The van der Waals surface area contributed by atoms with Crippen LogP contribution in [-0.2, 0) is 14.3 Å². The van der Waals surface area contributed by atoms with Gasteiger partial charge >= 0.3 is 12.1 Å². The Hall–Kier alpha value is -1.63. The summed E-state index contributed by atoms with van der Waals surface area (Å²) in [5.41, 5.74) is 2.64. The topological polar surface area (TPSA) is 110 Å². The first-order chi connectivity index (χ1) is 8.65. The number of nitrogens with two attached hydrogens (primary N) is 1. The summed E-state index contributed by atoms with van der Waals surface area (Å²) in [5.74, 6) is -2.03. The van der Waals surface area contributed by atoms with Crippen molar-refractivity contribution < 1.29 is 24.2 Å². The minimum Gasteiger partial charge on any atom is -0.479 e. The molecule has 0 aromatic rings. The molecule has 1 aliphatic rings. The van der Waals surface area contributed by atoms with Crippen LogP contribution >= 0.6 is 0 Å². The number of aliphatic carboxylic acids is 1. The van der Waals surface area contributed by atoms with Crippen molar-refractivity contribution in [1.82, 2.24) is 4.90 Å². The predicted molar refractivity (Wildman–Crippen MR) is 66.6 cm³/mol. The molecule has 0 aromatic carbocycles. The lowest BCUT2D eigenvalue weighted by atomic mass is 9.91. The van der Waals surface area contributed by atoms with Crippen molar-refractivity contribution in [2.45, 2.75) is 44.8 Å². The number of hydrogen-bond donors (Lipinski definition) is 2. The van der Waals surface area contributed by atoms with E-state index in [-0.39, 0.29) is 13.0 Å². The van der Waals surface area contributed by atoms with Crippen LogP contribution in [0.4, 0.5) is 4.79 Å². The summed E-state index contributed by atoms with van der Waals surface area (Å²) < 4.78 is 5.15. The molecule has 7 heteroatoms. The number of carboxylic acids is 1. The number of likely N-dealkylation sites (tertiary alicyclic amines) is 1. The maximum absolute atomic E-state index is 12.0. The molecule has 3 N–H and O–H groups in total. The van der Waals surface area contributed by atoms with Crippen molar-refractivity contribution in [3.8, 4) is 0 Å². The highest BCUT2D eigenvalue weighted by atomic mass is 16.6. The third-order valence-corrected chi connectivity index (χ3v) is 3.00. The van der Waals surface area contributed by atoms with Crippen LogP contribution in [0.15, 0.2) is 0 Å². The molecule has 0 bridgehead atoms. The fourth-order valence-corrected chi connectivity index (χ4v) is 2.18. The molecule has 1 atom stereocenters. The average molecular weight is 272 g/mol. The number of ether oxygens (including phenoxy) is 1. The van der Waals surface area contributed by atoms with E-state index in [0.717, 1.165) is 4.90 Å². The van der Waals surface area contributed by atoms with Gasteiger partial charge in [0.15, 0.2) is 5.78 Å². The zero-order valence-electron chi connectivity index (χ0n) is 11.4. The van der Waals surface area contributed by atoms with Crippen molar-refractivity contribution in [3.63, 3.8) is 0 Å². The molecular weight excluding hydrogens is 252 g/mol. The van der Waals surface area contributed by atoms with Crippen molar-refractivity contribution in [2.24, 2.45) is 5.73 Å². The molecular formula is C12H20N2O5. The average Bonchev–Trinajstić information content (AvgIpc) is 2.71. The first-order valence-corrected chi connectivity index (χ1v) is 6.12. The number of amides is 1. The van der Waals surface area contributed by atoms with Gasteiger partial charge in [-0.2, -0.15) is 0 Å². The molecule has 0 aromatic heterocycles. The summed E-state index contributed by atoms with van der Waals surface area (Å²) in [6.07, 6.45) is -0.302. The number of ketones is 1. The van der Waals surface area contributed by atoms with Gasteiger partial charge in [-0.3, -0.25) is 9.69 Å². The highest BCUT2D eigenvalue weighted by molar-refractivity contribution is 6.11. The monoisotopic (exact) mass is 272 g/mol. The summed E-state index contributed by atoms with van der Waals surface area (Å²) in [4.78, 5) is 36.4. The van der Waals surface area contributed by atoms with E-state index in [0.29, 0.717) is 6.42 Å². The van der Waals surface area contributed by atoms with E-state index in [2.05, 4.69) is 0 Å². The number of hydrogen-bond acceptors (Lipinski definition) is 5. The van der Waals surface area contributed by atoms with Crippen LogP contribution in [0.3, 0.4) is 0 Å². The Morgan fingerprint density at radius 3 is 2.37 bits per heavy atom. The lowest BCUT2D eigenvalue weighted by Crippen LogP contribution is -2.60. The van der Waals surface area contributed by atoms with Crippen molar-refractivity contribution in [3.05, 3.63) is 0 Å². The van der Waals surface area contributed by atoms with Crippen LogP contribution in [-0.4, -0.2) is 52.1 Å². The van der Waals surface area contributed by atoms with E-state index >= 15 is 0 Å². The molecule has 0 radical (unpaired) electrons. The zero-order valence-corrected chi connectivity index (χ0v) is 11.4. The number of rotatable bonds is 3. The van der Waals surface area contributed by atoms with Gasteiger partial charge in [0.2, 0.25) is 5.54 Å². The second-order valence-electron chi connectivity index (χ2n) is 5.53. The van der Waals surface area contributed by atoms with Crippen LogP contribution in [0.25, 0.3) is 0 Å². The van der Waals surface area contributed by atoms with Gasteiger partial charge in [0.25, 0.3) is 0 Å². The Kier molecular flexibility index (Phi) is 4.19. The molecule has 1 amide bonds. The predicted octanol–water partition coefficient (Wildman–Crippen LogP) is 0.369. The smallest absolute Gasteiger partial charge is 0.411 e. The zero-order chi connectivity index (χ0) is 14.8. The Balaban J connectivity index is 3.08. The van der Waals surface area contributed by atoms with Crippen LogP contribution in [0.5, 0.6) is 0 Å². The lowest BCUT2D eigenvalue weighted by Gasteiger charge is -2.34. The summed E-state index contributed by atoms with van der Waals surface area (Å²) in [7, 11) is 0. The van der Waals surface area contributed by atoms with E-state index < -0.39 is 35.5 Å². The Morgan fingerprint density at radius 1 is 1.37 bits per heavy atom. The molecule has 1 saturated heterocycles. The van der Waals surface area contributed by atoms with Gasteiger partial charge in [0.1, 0.15) is 5.60 Å². The summed E-state index contributed by atoms with van der Waals surface area (Å²) in [6, 6.07) is 0. The molecule has 7 nitrogen and oxygen atoms in total. The highest BCUT2D eigenvalue weighted by Crippen LogP contribution is 2.32. The largest absolute Gasteiger partial charge is 0.479 e. The number of nitrogens with zero attached hydrogens (tertiary/aromatic N) is 1. The van der Waals surface area contributed by atoms with Gasteiger partial charge < -0.3 is 15.6 Å². The maximum atomic E-state index is 12.0. The first kappa shape index (κ1) is 15.4. The van der Waals surface area contributed by atoms with E-state index in [4.69, 9.17) is 10.5 Å². The van der Waals surface area contributed by atoms with Crippen molar-refractivity contribution in [1.29, 1.82) is 0 Å². The van der Waals surface area contributed by atoms with Gasteiger partial charge in [-0.05, 0) is 33.6 Å². The van der Waals surface area contributed by atoms with E-state index in [1.54, 1.807) is 20.8 Å². The second-order valence-corrected chi connectivity index (χ2v) is 5.53.